The molecule has 24 heavy (non-hydrogen) atoms. The second kappa shape index (κ2) is 5.96. The molecule has 8 heteroatoms. The minimum absolute atomic E-state index is 0.0104. The van der Waals surface area contributed by atoms with E-state index in [1.54, 1.807) is 41.5 Å². The molecule has 0 atom stereocenters. The van der Waals surface area contributed by atoms with Crippen molar-refractivity contribution >= 4 is 29.1 Å². The number of furan rings is 1. The Morgan fingerprint density at radius 3 is 2.79 bits per heavy atom. The van der Waals surface area contributed by atoms with Gasteiger partial charge >= 0.3 is 0 Å². The number of carbonyl (C=O) groups is 1. The first-order valence-corrected chi connectivity index (χ1v) is 7.99. The maximum absolute atomic E-state index is 12.4. The monoisotopic (exact) mass is 363 g/mol. The molecule has 0 spiro atoms. The largest absolute Gasteiger partial charge is 0.461 e. The van der Waals surface area contributed by atoms with Crippen molar-refractivity contribution in [3.05, 3.63) is 58.1 Å². The first-order valence-electron chi connectivity index (χ1n) is 7.23. The molecular weight excluding hydrogens is 353 g/mol. The normalized spacial score (nSPS) is 14.7. The van der Waals surface area contributed by atoms with Gasteiger partial charge < -0.3 is 13.8 Å². The van der Waals surface area contributed by atoms with Crippen LogP contribution in [0.15, 0.2) is 45.5 Å². The van der Waals surface area contributed by atoms with Gasteiger partial charge in [0.25, 0.3) is 5.91 Å². The molecule has 2 aromatic heterocycles. The molecule has 1 aliphatic heterocycles. The van der Waals surface area contributed by atoms with Gasteiger partial charge in [-0.25, -0.2) is 0 Å². The Morgan fingerprint density at radius 2 is 2.08 bits per heavy atom. The van der Waals surface area contributed by atoms with Gasteiger partial charge in [0.05, 0.1) is 22.8 Å². The van der Waals surface area contributed by atoms with Gasteiger partial charge in [0.2, 0.25) is 11.7 Å². The number of hydrogen-bond acceptors (Lipinski definition) is 5. The fourth-order valence-corrected chi connectivity index (χ4v) is 3.03. The fourth-order valence-electron chi connectivity index (χ4n) is 2.54. The highest BCUT2D eigenvalue weighted by Crippen LogP contribution is 2.30. The average molecular weight is 364 g/mol. The third-order valence-electron chi connectivity index (χ3n) is 3.86. The van der Waals surface area contributed by atoms with Crippen LogP contribution in [0, 0.1) is 0 Å². The van der Waals surface area contributed by atoms with E-state index in [-0.39, 0.29) is 11.8 Å². The Hall–Kier alpha value is -2.31. The van der Waals surface area contributed by atoms with Gasteiger partial charge in [-0.1, -0.05) is 28.4 Å². The Kier molecular flexibility index (Phi) is 3.78. The molecule has 1 aliphatic rings. The lowest BCUT2D eigenvalue weighted by atomic mass is 9.98. The van der Waals surface area contributed by atoms with Crippen molar-refractivity contribution in [1.82, 2.24) is 15.0 Å². The van der Waals surface area contributed by atoms with Crippen molar-refractivity contribution in [2.24, 2.45) is 0 Å². The minimum Gasteiger partial charge on any atom is -0.461 e. The van der Waals surface area contributed by atoms with Crippen LogP contribution in [-0.2, 0) is 0 Å². The summed E-state index contributed by atoms with van der Waals surface area (Å²) in [7, 11) is 0. The topological polar surface area (TPSA) is 72.4 Å². The fraction of sp³-hybridized carbons (Fsp3) is 0.188. The highest BCUT2D eigenvalue weighted by molar-refractivity contribution is 6.36. The van der Waals surface area contributed by atoms with Crippen LogP contribution < -0.4 is 0 Å². The number of likely N-dealkylation sites (tertiary alicyclic amines) is 1. The number of hydrogen-bond donors (Lipinski definition) is 0. The predicted octanol–water partition coefficient (Wildman–Crippen LogP) is 3.88. The summed E-state index contributed by atoms with van der Waals surface area (Å²) in [6, 6.07) is 8.34. The van der Waals surface area contributed by atoms with E-state index < -0.39 is 0 Å². The number of aromatic nitrogens is 2. The molecular formula is C16H11Cl2N3O3. The number of amides is 1. The first-order chi connectivity index (χ1) is 11.6. The van der Waals surface area contributed by atoms with Crippen molar-refractivity contribution in [3.8, 4) is 11.6 Å². The number of benzene rings is 1. The summed E-state index contributed by atoms with van der Waals surface area (Å²) < 4.78 is 10.5. The zero-order valence-corrected chi connectivity index (χ0v) is 13.8. The van der Waals surface area contributed by atoms with Crippen molar-refractivity contribution in [1.29, 1.82) is 0 Å². The lowest BCUT2D eigenvalue weighted by Crippen LogP contribution is -2.48. The molecule has 1 amide bonds. The van der Waals surface area contributed by atoms with Gasteiger partial charge in [0.15, 0.2) is 5.76 Å². The van der Waals surface area contributed by atoms with Gasteiger partial charge in [-0.3, -0.25) is 4.79 Å². The van der Waals surface area contributed by atoms with Gasteiger partial charge in [0, 0.05) is 18.1 Å². The molecule has 3 aromatic rings. The standard InChI is InChI=1S/C16H11Cl2N3O3/c17-10-3-4-11(12(18)6-10)16(22)21-7-9(8-21)15-19-14(20-24-15)13-2-1-5-23-13/h1-6,9H,7-8H2. The molecule has 0 bridgehead atoms. The van der Waals surface area contributed by atoms with Gasteiger partial charge in [0.1, 0.15) is 0 Å². The highest BCUT2D eigenvalue weighted by atomic mass is 35.5. The van der Waals surface area contributed by atoms with E-state index >= 15 is 0 Å². The predicted molar refractivity (Wildman–Crippen MR) is 87.1 cm³/mol. The van der Waals surface area contributed by atoms with E-state index in [2.05, 4.69) is 10.1 Å². The molecule has 0 unspecified atom stereocenters. The van der Waals surface area contributed by atoms with Gasteiger partial charge in [-0.2, -0.15) is 4.98 Å². The summed E-state index contributed by atoms with van der Waals surface area (Å²) in [4.78, 5) is 18.4. The van der Waals surface area contributed by atoms with Crippen molar-refractivity contribution < 1.29 is 13.7 Å². The van der Waals surface area contributed by atoms with E-state index in [1.807, 2.05) is 0 Å². The van der Waals surface area contributed by atoms with Crippen LogP contribution >= 0.6 is 23.2 Å². The van der Waals surface area contributed by atoms with Crippen molar-refractivity contribution in [2.75, 3.05) is 13.1 Å². The maximum atomic E-state index is 12.4. The summed E-state index contributed by atoms with van der Waals surface area (Å²) >= 11 is 11.9. The first kappa shape index (κ1) is 15.2. The van der Waals surface area contributed by atoms with E-state index in [0.29, 0.717) is 46.2 Å². The third kappa shape index (κ3) is 2.68. The lowest BCUT2D eigenvalue weighted by Gasteiger charge is -2.37. The van der Waals surface area contributed by atoms with E-state index in [0.717, 1.165) is 0 Å². The summed E-state index contributed by atoms with van der Waals surface area (Å²) in [6.45, 7) is 0.995. The number of nitrogens with zero attached hydrogens (tertiary/aromatic N) is 3. The smallest absolute Gasteiger partial charge is 0.255 e. The van der Waals surface area contributed by atoms with E-state index in [9.17, 15) is 4.79 Å². The molecule has 1 saturated heterocycles. The lowest BCUT2D eigenvalue weighted by molar-refractivity contribution is 0.0569. The van der Waals surface area contributed by atoms with E-state index in [1.165, 1.54) is 0 Å². The van der Waals surface area contributed by atoms with Crippen molar-refractivity contribution in [3.63, 3.8) is 0 Å². The van der Waals surface area contributed by atoms with Crippen LogP contribution in [0.4, 0.5) is 0 Å². The molecule has 0 aliphatic carbocycles. The quantitative estimate of drug-likeness (QED) is 0.705. The second-order valence-corrected chi connectivity index (χ2v) is 6.31. The third-order valence-corrected chi connectivity index (χ3v) is 4.41. The molecule has 3 heterocycles. The molecule has 1 aromatic carbocycles. The zero-order chi connectivity index (χ0) is 16.7. The van der Waals surface area contributed by atoms with Gasteiger partial charge in [-0.05, 0) is 30.3 Å². The Morgan fingerprint density at radius 1 is 1.25 bits per heavy atom. The number of halogens is 2. The zero-order valence-electron chi connectivity index (χ0n) is 12.3. The van der Waals surface area contributed by atoms with Crippen molar-refractivity contribution in [2.45, 2.75) is 5.92 Å². The Bertz CT molecular complexity index is 886. The molecule has 0 radical (unpaired) electrons. The minimum atomic E-state index is -0.140. The van der Waals surface area contributed by atoms with Crippen LogP contribution in [0.1, 0.15) is 22.2 Å². The molecule has 0 N–H and O–H groups in total. The summed E-state index contributed by atoms with van der Waals surface area (Å²) in [5.74, 6) is 1.31. The SMILES string of the molecule is O=C(c1ccc(Cl)cc1Cl)N1CC(c2nc(-c3ccco3)no2)C1. The van der Waals surface area contributed by atoms with Crippen LogP contribution in [0.3, 0.4) is 0 Å². The summed E-state index contributed by atoms with van der Waals surface area (Å²) in [6.07, 6.45) is 1.55. The molecule has 122 valence electrons. The Labute approximate surface area is 147 Å². The Balaban J connectivity index is 1.44. The molecule has 4 rings (SSSR count). The highest BCUT2D eigenvalue weighted by Gasteiger charge is 2.36. The van der Waals surface area contributed by atoms with Crippen LogP contribution in [0.2, 0.25) is 10.0 Å². The van der Waals surface area contributed by atoms with E-state index in [4.69, 9.17) is 32.1 Å². The van der Waals surface area contributed by atoms with Crippen LogP contribution in [0.5, 0.6) is 0 Å². The summed E-state index contributed by atoms with van der Waals surface area (Å²) in [5, 5.41) is 4.73. The molecule has 0 saturated carbocycles. The number of rotatable bonds is 3. The molecule has 1 fully saturated rings. The second-order valence-electron chi connectivity index (χ2n) is 5.46. The van der Waals surface area contributed by atoms with Gasteiger partial charge in [-0.15, -0.1) is 0 Å². The van der Waals surface area contributed by atoms with Crippen LogP contribution in [-0.4, -0.2) is 34.0 Å². The summed E-state index contributed by atoms with van der Waals surface area (Å²) in [5.41, 5.74) is 0.432. The number of carbonyl (C=O) groups excluding carboxylic acids is 1. The maximum Gasteiger partial charge on any atom is 0.255 e. The molecule has 6 nitrogen and oxygen atoms in total. The average Bonchev–Trinajstić information content (AvgIpc) is 3.16. The van der Waals surface area contributed by atoms with Crippen LogP contribution in [0.25, 0.3) is 11.6 Å².